The van der Waals surface area contributed by atoms with Crippen LogP contribution in [0.3, 0.4) is 0 Å². The van der Waals surface area contributed by atoms with E-state index in [-0.39, 0.29) is 0 Å². The largest absolute Gasteiger partial charge is 0.382 e. The van der Waals surface area contributed by atoms with Crippen molar-refractivity contribution in [1.82, 2.24) is 20.0 Å². The summed E-state index contributed by atoms with van der Waals surface area (Å²) in [5, 5.41) is 8.77. The van der Waals surface area contributed by atoms with Crippen LogP contribution >= 0.6 is 0 Å². The predicted molar refractivity (Wildman–Crippen MR) is 65.5 cm³/mol. The number of hydrogen-bond acceptors (Lipinski definition) is 5. The van der Waals surface area contributed by atoms with E-state index in [4.69, 9.17) is 5.73 Å². The average Bonchev–Trinajstić information content (AvgIpc) is 2.57. The van der Waals surface area contributed by atoms with Crippen molar-refractivity contribution in [1.29, 1.82) is 0 Å². The van der Waals surface area contributed by atoms with Crippen LogP contribution in [0.5, 0.6) is 0 Å². The van der Waals surface area contributed by atoms with Gasteiger partial charge in [-0.25, -0.2) is 4.98 Å². The maximum absolute atomic E-state index is 5.99. The molecule has 0 atom stereocenters. The third-order valence-electron chi connectivity index (χ3n) is 2.96. The van der Waals surface area contributed by atoms with Crippen LogP contribution in [0.1, 0.15) is 11.4 Å². The minimum absolute atomic E-state index is 0.554. The predicted octanol–water partition coefficient (Wildman–Crippen LogP) is 0.718. The molecule has 1 aliphatic heterocycles. The smallest absolute Gasteiger partial charge is 0.148 e. The topological polar surface area (TPSA) is 72.9 Å². The molecule has 0 aliphatic carbocycles. The molecule has 0 unspecified atom stereocenters. The number of rotatable bonds is 0. The van der Waals surface area contributed by atoms with Gasteiger partial charge in [-0.15, -0.1) is 0 Å². The molecule has 17 heavy (non-hydrogen) atoms. The van der Waals surface area contributed by atoms with Gasteiger partial charge in [-0.3, -0.25) is 0 Å². The molecule has 2 aromatic rings. The Morgan fingerprint density at radius 1 is 1.29 bits per heavy atom. The van der Waals surface area contributed by atoms with Crippen molar-refractivity contribution >= 4 is 11.5 Å². The minimum Gasteiger partial charge on any atom is -0.382 e. The summed E-state index contributed by atoms with van der Waals surface area (Å²) in [6.07, 6.45) is 0. The summed E-state index contributed by atoms with van der Waals surface area (Å²) in [4.78, 5) is 7.96. The van der Waals surface area contributed by atoms with Crippen molar-refractivity contribution in [3.05, 3.63) is 17.5 Å². The molecule has 0 radical (unpaired) electrons. The maximum Gasteiger partial charge on any atom is 0.148 e. The molecule has 0 fully saturated rings. The van der Waals surface area contributed by atoms with Crippen molar-refractivity contribution in [2.75, 3.05) is 17.7 Å². The first-order valence-electron chi connectivity index (χ1n) is 5.45. The lowest BCUT2D eigenvalue weighted by Gasteiger charge is -2.26. The third kappa shape index (κ3) is 1.37. The zero-order valence-electron chi connectivity index (χ0n) is 10.1. The first-order valence-corrected chi connectivity index (χ1v) is 5.45. The molecule has 6 nitrogen and oxygen atoms in total. The van der Waals surface area contributed by atoms with E-state index in [1.54, 1.807) is 4.80 Å². The SMILES string of the molecule is Cc1cc2c(c(N)n1)N(C)Cc1nn(C)nc1-2. The first-order chi connectivity index (χ1) is 8.06. The van der Waals surface area contributed by atoms with Crippen LogP contribution in [0.15, 0.2) is 6.07 Å². The van der Waals surface area contributed by atoms with Crippen molar-refractivity contribution in [3.8, 4) is 11.3 Å². The van der Waals surface area contributed by atoms with Crippen LogP contribution in [0, 0.1) is 6.92 Å². The highest BCUT2D eigenvalue weighted by molar-refractivity contribution is 5.86. The van der Waals surface area contributed by atoms with Crippen LogP contribution < -0.4 is 10.6 Å². The first kappa shape index (κ1) is 10.1. The normalized spacial score (nSPS) is 13.5. The molecule has 1 aliphatic rings. The van der Waals surface area contributed by atoms with Crippen LogP contribution in [-0.4, -0.2) is 27.0 Å². The molecular formula is C11H14N6. The van der Waals surface area contributed by atoms with E-state index < -0.39 is 0 Å². The Bertz CT molecular complexity index is 600. The number of aryl methyl sites for hydroxylation is 2. The highest BCUT2D eigenvalue weighted by Crippen LogP contribution is 2.39. The number of anilines is 2. The molecular weight excluding hydrogens is 216 g/mol. The van der Waals surface area contributed by atoms with Gasteiger partial charge in [0.05, 0.1) is 12.2 Å². The van der Waals surface area contributed by atoms with Crippen LogP contribution in [0.2, 0.25) is 0 Å². The van der Waals surface area contributed by atoms with Gasteiger partial charge in [0.2, 0.25) is 0 Å². The van der Waals surface area contributed by atoms with E-state index in [1.165, 1.54) is 0 Å². The van der Waals surface area contributed by atoms with Gasteiger partial charge in [0.1, 0.15) is 17.2 Å². The Balaban J connectivity index is 2.33. The van der Waals surface area contributed by atoms with Gasteiger partial charge in [-0.1, -0.05) is 0 Å². The molecule has 6 heteroatoms. The standard InChI is InChI=1S/C11H14N6/c1-6-4-7-9-8(14-17(3)15-9)5-16(2)10(7)11(12)13-6/h4H,5H2,1-3H3,(H2,12,13). The van der Waals surface area contributed by atoms with Gasteiger partial charge in [0, 0.05) is 25.4 Å². The molecule has 2 aromatic heterocycles. The second-order valence-electron chi connectivity index (χ2n) is 4.39. The molecule has 0 bridgehead atoms. The van der Waals surface area contributed by atoms with E-state index in [2.05, 4.69) is 20.1 Å². The summed E-state index contributed by atoms with van der Waals surface area (Å²) in [7, 11) is 3.82. The molecule has 88 valence electrons. The van der Waals surface area contributed by atoms with Crippen molar-refractivity contribution in [3.63, 3.8) is 0 Å². The molecule has 0 aromatic carbocycles. The minimum atomic E-state index is 0.554. The molecule has 0 saturated heterocycles. The van der Waals surface area contributed by atoms with Crippen molar-refractivity contribution in [2.24, 2.45) is 7.05 Å². The Kier molecular flexibility index (Phi) is 1.89. The summed E-state index contributed by atoms with van der Waals surface area (Å²) in [5.41, 5.74) is 10.7. The summed E-state index contributed by atoms with van der Waals surface area (Å²) >= 11 is 0. The fraction of sp³-hybridized carbons (Fsp3) is 0.364. The molecule has 3 heterocycles. The Morgan fingerprint density at radius 3 is 2.82 bits per heavy atom. The van der Waals surface area contributed by atoms with Crippen LogP contribution in [-0.2, 0) is 13.6 Å². The molecule has 2 N–H and O–H groups in total. The second-order valence-corrected chi connectivity index (χ2v) is 4.39. The number of hydrogen-bond donors (Lipinski definition) is 1. The lowest BCUT2D eigenvalue weighted by Crippen LogP contribution is -2.23. The van der Waals surface area contributed by atoms with E-state index in [9.17, 15) is 0 Å². The van der Waals surface area contributed by atoms with Gasteiger partial charge in [0.25, 0.3) is 0 Å². The summed E-state index contributed by atoms with van der Waals surface area (Å²) in [6.45, 7) is 2.65. The second kappa shape index (κ2) is 3.19. The average molecular weight is 230 g/mol. The van der Waals surface area contributed by atoms with Gasteiger partial charge < -0.3 is 10.6 Å². The summed E-state index contributed by atoms with van der Waals surface area (Å²) < 4.78 is 0. The number of pyridine rings is 1. The van der Waals surface area contributed by atoms with E-state index in [0.717, 1.165) is 28.3 Å². The number of nitrogens with zero attached hydrogens (tertiary/aromatic N) is 5. The van der Waals surface area contributed by atoms with Crippen LogP contribution in [0.25, 0.3) is 11.3 Å². The summed E-state index contributed by atoms with van der Waals surface area (Å²) in [5.74, 6) is 0.554. The lowest BCUT2D eigenvalue weighted by molar-refractivity contribution is 0.645. The number of fused-ring (bicyclic) bond motifs is 3. The maximum atomic E-state index is 5.99. The Hall–Kier alpha value is -2.11. The number of nitrogen functional groups attached to an aromatic ring is 1. The van der Waals surface area contributed by atoms with Gasteiger partial charge in [-0.2, -0.15) is 15.0 Å². The molecule has 3 rings (SSSR count). The monoisotopic (exact) mass is 230 g/mol. The van der Waals surface area contributed by atoms with Gasteiger partial charge in [0.15, 0.2) is 0 Å². The van der Waals surface area contributed by atoms with Gasteiger partial charge in [-0.05, 0) is 13.0 Å². The third-order valence-corrected chi connectivity index (χ3v) is 2.96. The van der Waals surface area contributed by atoms with Gasteiger partial charge >= 0.3 is 0 Å². The Morgan fingerprint density at radius 2 is 2.06 bits per heavy atom. The zero-order chi connectivity index (χ0) is 12.2. The molecule has 0 saturated carbocycles. The fourth-order valence-corrected chi connectivity index (χ4v) is 2.34. The van der Waals surface area contributed by atoms with Crippen molar-refractivity contribution in [2.45, 2.75) is 13.5 Å². The quantitative estimate of drug-likeness (QED) is 0.721. The van der Waals surface area contributed by atoms with E-state index in [0.29, 0.717) is 12.4 Å². The highest BCUT2D eigenvalue weighted by atomic mass is 15.5. The van der Waals surface area contributed by atoms with E-state index in [1.807, 2.05) is 27.1 Å². The number of aromatic nitrogens is 4. The fourth-order valence-electron chi connectivity index (χ4n) is 2.34. The van der Waals surface area contributed by atoms with Crippen molar-refractivity contribution < 1.29 is 0 Å². The highest BCUT2D eigenvalue weighted by Gasteiger charge is 2.26. The Labute approximate surface area is 99.1 Å². The zero-order valence-corrected chi connectivity index (χ0v) is 10.1. The van der Waals surface area contributed by atoms with E-state index >= 15 is 0 Å². The molecule has 0 amide bonds. The number of nitrogens with two attached hydrogens (primary N) is 1. The summed E-state index contributed by atoms with van der Waals surface area (Å²) in [6, 6.07) is 2.01. The lowest BCUT2D eigenvalue weighted by atomic mass is 10.0. The van der Waals surface area contributed by atoms with Crippen LogP contribution in [0.4, 0.5) is 11.5 Å². The molecule has 0 spiro atoms.